The molecule has 2 aromatic rings. The van der Waals surface area contributed by atoms with Gasteiger partial charge in [-0.2, -0.15) is 4.52 Å². The number of nitrogens with zero attached hydrogens (tertiary/aromatic N) is 4. The van der Waals surface area contributed by atoms with E-state index in [-0.39, 0.29) is 42.1 Å². The van der Waals surface area contributed by atoms with Crippen molar-refractivity contribution in [3.8, 4) is 5.88 Å². The Balaban J connectivity index is 1.53. The summed E-state index contributed by atoms with van der Waals surface area (Å²) in [5.41, 5.74) is 5.42. The highest BCUT2D eigenvalue weighted by Crippen LogP contribution is 2.33. The number of aromatic hydroxyl groups is 1. The third-order valence-corrected chi connectivity index (χ3v) is 6.54. The summed E-state index contributed by atoms with van der Waals surface area (Å²) in [5, 5.41) is 17.6. The van der Waals surface area contributed by atoms with Gasteiger partial charge in [0.05, 0.1) is 5.56 Å². The number of nitrogens with two attached hydrogens (primary N) is 1. The van der Waals surface area contributed by atoms with Crippen LogP contribution in [0.3, 0.4) is 0 Å². The van der Waals surface area contributed by atoms with E-state index in [0.717, 1.165) is 30.2 Å². The van der Waals surface area contributed by atoms with Crippen molar-refractivity contribution in [2.75, 3.05) is 18.8 Å². The molecule has 1 saturated heterocycles. The van der Waals surface area contributed by atoms with E-state index < -0.39 is 47.6 Å². The van der Waals surface area contributed by atoms with Crippen molar-refractivity contribution in [2.45, 2.75) is 57.0 Å². The molecular formula is C22H26F2N6O4. The fourth-order valence-electron chi connectivity index (χ4n) is 4.16. The van der Waals surface area contributed by atoms with Gasteiger partial charge in [-0.3, -0.25) is 19.0 Å². The smallest absolute Gasteiger partial charge is 0.270 e. The minimum Gasteiger partial charge on any atom is -0.492 e. The van der Waals surface area contributed by atoms with Gasteiger partial charge >= 0.3 is 0 Å². The molecule has 182 valence electrons. The maximum Gasteiger partial charge on any atom is 0.270 e. The Labute approximate surface area is 193 Å². The third kappa shape index (κ3) is 4.24. The lowest BCUT2D eigenvalue weighted by Gasteiger charge is -2.30. The van der Waals surface area contributed by atoms with E-state index in [1.165, 1.54) is 21.6 Å². The number of hydrogen-bond acceptors (Lipinski definition) is 6. The average molecular weight is 476 g/mol. The van der Waals surface area contributed by atoms with E-state index in [1.807, 2.05) is 0 Å². The number of amides is 2. The van der Waals surface area contributed by atoms with Crippen molar-refractivity contribution in [3.63, 3.8) is 0 Å². The number of halogens is 2. The van der Waals surface area contributed by atoms with Crippen LogP contribution < -0.4 is 16.6 Å². The molecule has 2 aliphatic carbocycles. The molecule has 3 fully saturated rings. The zero-order valence-electron chi connectivity index (χ0n) is 18.5. The average Bonchev–Trinajstić information content (AvgIpc) is 3.70. The Hall–Kier alpha value is -3.44. The van der Waals surface area contributed by atoms with E-state index >= 15 is 0 Å². The molecule has 0 bridgehead atoms. The van der Waals surface area contributed by atoms with Gasteiger partial charge in [-0.05, 0) is 37.7 Å². The van der Waals surface area contributed by atoms with Crippen LogP contribution in [0.25, 0.3) is 11.7 Å². The number of aromatic nitrogens is 3. The second-order valence-corrected chi connectivity index (χ2v) is 9.35. The summed E-state index contributed by atoms with van der Waals surface area (Å²) >= 11 is 0. The molecule has 0 radical (unpaired) electrons. The molecule has 2 saturated carbocycles. The van der Waals surface area contributed by atoms with Gasteiger partial charge in [-0.1, -0.05) is 0 Å². The standard InChI is InChI=1S/C22H26F2N6O4/c23-22(24)7-9-28(10-8-22)15(31)6-5-14-17(25)27-30-19(14)29(11-12-1-2-12)20(33)16(21(30)34)18(32)26-13-3-4-13/h5-6,12-13,34H,1-4,7-11H2,(H2,25,27)(H,26,32)/b6-5+. The monoisotopic (exact) mass is 476 g/mol. The van der Waals surface area contributed by atoms with Crippen molar-refractivity contribution in [2.24, 2.45) is 5.92 Å². The molecule has 2 aromatic heterocycles. The summed E-state index contributed by atoms with van der Waals surface area (Å²) in [6.45, 7) is 0.188. The fraction of sp³-hybridized carbons (Fsp3) is 0.545. The highest BCUT2D eigenvalue weighted by atomic mass is 19.3. The molecule has 3 aliphatic rings. The van der Waals surface area contributed by atoms with Crippen LogP contribution in [0.5, 0.6) is 5.88 Å². The number of carbonyl (C=O) groups excluding carboxylic acids is 2. The molecule has 0 aromatic carbocycles. The Morgan fingerprint density at radius 3 is 2.50 bits per heavy atom. The maximum atomic E-state index is 13.4. The molecule has 34 heavy (non-hydrogen) atoms. The van der Waals surface area contributed by atoms with Crippen LogP contribution in [0.15, 0.2) is 10.9 Å². The molecular weight excluding hydrogens is 450 g/mol. The first-order chi connectivity index (χ1) is 16.1. The second-order valence-electron chi connectivity index (χ2n) is 9.35. The number of alkyl halides is 2. The Bertz CT molecular complexity index is 1250. The lowest BCUT2D eigenvalue weighted by molar-refractivity contribution is -0.132. The number of anilines is 1. The van der Waals surface area contributed by atoms with E-state index in [9.17, 15) is 28.3 Å². The van der Waals surface area contributed by atoms with Crippen molar-refractivity contribution in [3.05, 3.63) is 27.6 Å². The molecule has 0 unspecified atom stereocenters. The molecule has 0 atom stereocenters. The predicted molar refractivity (Wildman–Crippen MR) is 119 cm³/mol. The summed E-state index contributed by atoms with van der Waals surface area (Å²) in [6.07, 6.45) is 5.27. The summed E-state index contributed by atoms with van der Waals surface area (Å²) in [7, 11) is 0. The summed E-state index contributed by atoms with van der Waals surface area (Å²) < 4.78 is 29.2. The van der Waals surface area contributed by atoms with Gasteiger partial charge in [-0.15, -0.1) is 5.10 Å². The Morgan fingerprint density at radius 2 is 1.88 bits per heavy atom. The summed E-state index contributed by atoms with van der Waals surface area (Å²) in [6, 6.07) is -0.0131. The first-order valence-electron chi connectivity index (χ1n) is 11.4. The lowest BCUT2D eigenvalue weighted by atomic mass is 10.1. The number of likely N-dealkylation sites (tertiary alicyclic amines) is 1. The second kappa shape index (κ2) is 8.10. The molecule has 0 spiro atoms. The number of carbonyl (C=O) groups is 2. The highest BCUT2D eigenvalue weighted by Gasteiger charge is 2.35. The zero-order chi connectivity index (χ0) is 24.2. The van der Waals surface area contributed by atoms with E-state index in [1.54, 1.807) is 0 Å². The number of piperidine rings is 1. The lowest BCUT2D eigenvalue weighted by Crippen LogP contribution is -2.42. The van der Waals surface area contributed by atoms with Crippen molar-refractivity contribution in [1.82, 2.24) is 24.4 Å². The van der Waals surface area contributed by atoms with E-state index in [0.29, 0.717) is 6.54 Å². The SMILES string of the molecule is Nc1nn2c(O)c(C(=O)NC3CC3)c(=O)n(CC3CC3)c2c1/C=C/C(=O)N1CCC(F)(F)CC1. The van der Waals surface area contributed by atoms with Gasteiger partial charge < -0.3 is 21.1 Å². The maximum absolute atomic E-state index is 13.4. The molecule has 12 heteroatoms. The first kappa shape index (κ1) is 22.4. The highest BCUT2D eigenvalue weighted by molar-refractivity contribution is 5.97. The molecule has 5 rings (SSSR count). The van der Waals surface area contributed by atoms with Crippen LogP contribution in [0.4, 0.5) is 14.6 Å². The molecule has 3 heterocycles. The fourth-order valence-corrected chi connectivity index (χ4v) is 4.16. The number of hydrogen-bond donors (Lipinski definition) is 3. The van der Waals surface area contributed by atoms with Crippen molar-refractivity contribution < 1.29 is 23.5 Å². The van der Waals surface area contributed by atoms with Gasteiger partial charge in [0.1, 0.15) is 0 Å². The van der Waals surface area contributed by atoms with E-state index in [4.69, 9.17) is 5.73 Å². The van der Waals surface area contributed by atoms with Crippen LogP contribution in [-0.2, 0) is 11.3 Å². The number of nitrogen functional groups attached to an aromatic ring is 1. The summed E-state index contributed by atoms with van der Waals surface area (Å²) in [4.78, 5) is 39.9. The third-order valence-electron chi connectivity index (χ3n) is 6.54. The first-order valence-corrected chi connectivity index (χ1v) is 11.4. The number of fused-ring (bicyclic) bond motifs is 1. The van der Waals surface area contributed by atoms with Gasteiger partial charge in [0.15, 0.2) is 17.0 Å². The molecule has 10 nitrogen and oxygen atoms in total. The quantitative estimate of drug-likeness (QED) is 0.539. The van der Waals surface area contributed by atoms with Crippen LogP contribution in [0.2, 0.25) is 0 Å². The zero-order valence-corrected chi connectivity index (χ0v) is 18.5. The van der Waals surface area contributed by atoms with E-state index in [2.05, 4.69) is 10.4 Å². The van der Waals surface area contributed by atoms with Crippen LogP contribution >= 0.6 is 0 Å². The molecule has 4 N–H and O–H groups in total. The van der Waals surface area contributed by atoms with Gasteiger partial charge in [-0.25, -0.2) is 8.78 Å². The van der Waals surface area contributed by atoms with Gasteiger partial charge in [0.2, 0.25) is 11.8 Å². The Kier molecular flexibility index (Phi) is 5.33. The minimum atomic E-state index is -2.77. The number of nitrogens with one attached hydrogen (secondary N) is 1. The topological polar surface area (TPSA) is 135 Å². The predicted octanol–water partition coefficient (Wildman–Crippen LogP) is 1.36. The van der Waals surface area contributed by atoms with Crippen LogP contribution in [0.1, 0.15) is 54.4 Å². The van der Waals surface area contributed by atoms with Crippen molar-refractivity contribution in [1.29, 1.82) is 0 Å². The molecule has 1 aliphatic heterocycles. The van der Waals surface area contributed by atoms with Crippen molar-refractivity contribution >= 4 is 29.4 Å². The number of rotatable bonds is 6. The normalized spacial score (nSPS) is 20.2. The van der Waals surface area contributed by atoms with Gasteiger partial charge in [0.25, 0.3) is 17.4 Å². The van der Waals surface area contributed by atoms with Crippen LogP contribution in [0, 0.1) is 5.92 Å². The minimum absolute atomic E-state index is 0.0131. The Morgan fingerprint density at radius 1 is 1.21 bits per heavy atom. The summed E-state index contributed by atoms with van der Waals surface area (Å²) in [5.74, 6) is -4.33. The largest absolute Gasteiger partial charge is 0.492 e. The van der Waals surface area contributed by atoms with Gasteiger partial charge in [0, 0.05) is 44.6 Å². The van der Waals surface area contributed by atoms with Crippen LogP contribution in [-0.4, -0.2) is 61.1 Å². The molecule has 2 amide bonds.